The highest BCUT2D eigenvalue weighted by Gasteiger charge is 2.52. The van der Waals surface area contributed by atoms with Gasteiger partial charge in [0.2, 0.25) is 0 Å². The molecule has 12 rings (SSSR count). The zero-order chi connectivity index (χ0) is 44.6. The summed E-state index contributed by atoms with van der Waals surface area (Å²) in [4.78, 5) is 5.30. The van der Waals surface area contributed by atoms with Crippen molar-refractivity contribution >= 4 is 95.0 Å². The highest BCUT2D eigenvalue weighted by molar-refractivity contribution is 7.26. The number of fused-ring (bicyclic) bond motifs is 11. The summed E-state index contributed by atoms with van der Waals surface area (Å²) in [6.07, 6.45) is 8.31. The van der Waals surface area contributed by atoms with Crippen molar-refractivity contribution in [3.63, 3.8) is 0 Å². The first-order chi connectivity index (χ1) is 30.2. The van der Waals surface area contributed by atoms with Crippen LogP contribution in [0.4, 0.5) is 34.1 Å². The van der Waals surface area contributed by atoms with Crippen molar-refractivity contribution in [1.82, 2.24) is 0 Å². The third-order valence-electron chi connectivity index (χ3n) is 16.9. The van der Waals surface area contributed by atoms with Gasteiger partial charge in [0, 0.05) is 48.5 Å². The molecule has 1 unspecified atom stereocenters. The molecule has 2 aromatic heterocycles. The largest absolute Gasteiger partial charge is 0.468 e. The third kappa shape index (κ3) is 5.64. The van der Waals surface area contributed by atoms with Gasteiger partial charge in [0.05, 0.1) is 17.0 Å². The van der Waals surface area contributed by atoms with E-state index in [1.807, 2.05) is 11.3 Å². The minimum atomic E-state index is -0.0797. The zero-order valence-corrected chi connectivity index (χ0v) is 41.0. The summed E-state index contributed by atoms with van der Waals surface area (Å²) in [5.41, 5.74) is 20.3. The van der Waals surface area contributed by atoms with Crippen molar-refractivity contribution in [3.8, 4) is 0 Å². The molecule has 0 amide bonds. The molecule has 4 heterocycles. The van der Waals surface area contributed by atoms with E-state index in [4.69, 9.17) is 4.42 Å². The number of anilines is 6. The molecule has 5 heteroatoms. The van der Waals surface area contributed by atoms with Crippen LogP contribution < -0.4 is 26.4 Å². The lowest BCUT2D eigenvalue weighted by molar-refractivity contribution is 0.123. The minimum Gasteiger partial charge on any atom is -0.468 e. The molecule has 7 aromatic rings. The van der Waals surface area contributed by atoms with Gasteiger partial charge in [-0.3, -0.25) is 0 Å². The molecule has 0 spiro atoms. The van der Waals surface area contributed by atoms with E-state index in [0.29, 0.717) is 5.92 Å². The van der Waals surface area contributed by atoms with Gasteiger partial charge in [0.15, 0.2) is 0 Å². The Morgan fingerprint density at radius 2 is 1.38 bits per heavy atom. The average Bonchev–Trinajstić information content (AvgIpc) is 3.82. The first-order valence-corrected chi connectivity index (χ1v) is 24.9. The Labute approximate surface area is 385 Å². The number of allylic oxidation sites excluding steroid dienone is 1. The van der Waals surface area contributed by atoms with Crippen molar-refractivity contribution in [2.24, 2.45) is 16.7 Å². The molecule has 1 atom stereocenters. The van der Waals surface area contributed by atoms with Crippen molar-refractivity contribution in [2.45, 2.75) is 131 Å². The normalized spacial score (nSPS) is 20.8. The van der Waals surface area contributed by atoms with E-state index in [1.54, 1.807) is 5.57 Å². The molecule has 2 aliphatic heterocycles. The minimum absolute atomic E-state index is 0.0350. The SMILES string of the molecule is Cc1cc2c3c(c1)N(c1cccc4sc5ccccc5c14)c1ccc(C(C)(C)C)cc1B3c1oc3c(c1N2c1ccc2c(c1)C(C)(C)CCC2(C)C)CC1C(=C3)C(C)(C)CCC1(C)C. The molecule has 0 N–H and O–H groups in total. The van der Waals surface area contributed by atoms with Crippen LogP contribution in [0.25, 0.3) is 26.2 Å². The van der Waals surface area contributed by atoms with Crippen LogP contribution in [0.3, 0.4) is 0 Å². The molecule has 3 aliphatic carbocycles. The molecule has 1 saturated carbocycles. The van der Waals surface area contributed by atoms with Crippen molar-refractivity contribution < 1.29 is 4.42 Å². The second kappa shape index (κ2) is 13.1. The van der Waals surface area contributed by atoms with E-state index in [1.165, 1.54) is 119 Å². The molecule has 3 nitrogen and oxygen atoms in total. The third-order valence-corrected chi connectivity index (χ3v) is 18.1. The monoisotopic (exact) mass is 858 g/mol. The summed E-state index contributed by atoms with van der Waals surface area (Å²) in [5.74, 6) is 1.52. The van der Waals surface area contributed by atoms with Gasteiger partial charge in [-0.25, -0.2) is 0 Å². The van der Waals surface area contributed by atoms with Crippen LogP contribution in [-0.2, 0) is 22.7 Å². The Hall–Kier alpha value is -5.00. The Kier molecular flexibility index (Phi) is 8.28. The predicted molar refractivity (Wildman–Crippen MR) is 276 cm³/mol. The quantitative estimate of drug-likeness (QED) is 0.162. The van der Waals surface area contributed by atoms with Crippen LogP contribution in [0.1, 0.15) is 135 Å². The smallest absolute Gasteiger partial charge is 0.297 e. The first kappa shape index (κ1) is 40.5. The number of furan rings is 1. The van der Waals surface area contributed by atoms with Crippen LogP contribution >= 0.6 is 11.3 Å². The molecular formula is C59H63BN2OS. The lowest BCUT2D eigenvalue weighted by atomic mass is 9.35. The van der Waals surface area contributed by atoms with Gasteiger partial charge < -0.3 is 14.2 Å². The van der Waals surface area contributed by atoms with E-state index in [2.05, 4.69) is 190 Å². The van der Waals surface area contributed by atoms with E-state index in [9.17, 15) is 0 Å². The molecular weight excluding hydrogens is 796 g/mol. The van der Waals surface area contributed by atoms with E-state index in [0.717, 1.165) is 17.8 Å². The van der Waals surface area contributed by atoms with Crippen LogP contribution in [0.5, 0.6) is 0 Å². The summed E-state index contributed by atoms with van der Waals surface area (Å²) in [7, 11) is 0. The number of thiophene rings is 1. The number of hydrogen-bond donors (Lipinski definition) is 0. The topological polar surface area (TPSA) is 19.6 Å². The van der Waals surface area contributed by atoms with E-state index < -0.39 is 0 Å². The molecule has 0 saturated heterocycles. The summed E-state index contributed by atoms with van der Waals surface area (Å²) in [6, 6.07) is 35.7. The van der Waals surface area contributed by atoms with E-state index in [-0.39, 0.29) is 33.8 Å². The Balaban J connectivity index is 1.20. The number of hydrogen-bond acceptors (Lipinski definition) is 4. The van der Waals surface area contributed by atoms with Gasteiger partial charge in [-0.15, -0.1) is 11.3 Å². The molecule has 5 aliphatic rings. The van der Waals surface area contributed by atoms with Gasteiger partial charge in [-0.05, 0) is 160 Å². The molecule has 1 fully saturated rings. The summed E-state index contributed by atoms with van der Waals surface area (Å²) in [6.45, 7) is 29.1. The maximum Gasteiger partial charge on any atom is 0.297 e. The van der Waals surface area contributed by atoms with Crippen LogP contribution in [0, 0.1) is 23.7 Å². The maximum atomic E-state index is 7.66. The fourth-order valence-corrected chi connectivity index (χ4v) is 14.0. The standard InChI is InChI=1S/C59H63BN2OS/c1-34-28-46-52-47(29-34)62(45-17-15-19-50-51(45)37-16-13-14-18-49(37)64-50)44-23-20-35(55(2,3)4)30-43(44)60(52)54-53(38-32-41-42(33-48(38)63-54)59(11,12)27-26-58(41,9)10)61(46)36-21-22-39-40(31-36)57(7,8)25-24-56(39,5)6/h13-23,28-31,33,41H,24-27,32H2,1-12H3. The molecule has 0 bridgehead atoms. The van der Waals surface area contributed by atoms with Crippen molar-refractivity contribution in [3.05, 3.63) is 130 Å². The second-order valence-electron chi connectivity index (χ2n) is 24.0. The zero-order valence-electron chi connectivity index (χ0n) is 40.1. The maximum absolute atomic E-state index is 7.66. The van der Waals surface area contributed by atoms with Gasteiger partial charge >= 0.3 is 0 Å². The fourth-order valence-electron chi connectivity index (χ4n) is 12.9. The van der Waals surface area contributed by atoms with Gasteiger partial charge in [0.1, 0.15) is 5.76 Å². The summed E-state index contributed by atoms with van der Waals surface area (Å²) < 4.78 is 10.3. The summed E-state index contributed by atoms with van der Waals surface area (Å²) in [5, 5.41) is 2.64. The first-order valence-electron chi connectivity index (χ1n) is 24.1. The Morgan fingerprint density at radius 3 is 2.14 bits per heavy atom. The van der Waals surface area contributed by atoms with Gasteiger partial charge in [0.25, 0.3) is 6.71 Å². The fraction of sp³-hybridized carbons (Fsp3) is 0.390. The molecule has 64 heavy (non-hydrogen) atoms. The highest BCUT2D eigenvalue weighted by atomic mass is 32.1. The number of nitrogens with zero attached hydrogens (tertiary/aromatic N) is 2. The van der Waals surface area contributed by atoms with Crippen molar-refractivity contribution in [2.75, 3.05) is 9.80 Å². The van der Waals surface area contributed by atoms with Crippen LogP contribution in [0.15, 0.2) is 101 Å². The van der Waals surface area contributed by atoms with Gasteiger partial charge in [-0.2, -0.15) is 0 Å². The van der Waals surface area contributed by atoms with Crippen molar-refractivity contribution in [1.29, 1.82) is 0 Å². The summed E-state index contributed by atoms with van der Waals surface area (Å²) >= 11 is 1.90. The van der Waals surface area contributed by atoms with Crippen LogP contribution in [-0.4, -0.2) is 6.71 Å². The number of aryl methyl sites for hydroxylation is 1. The molecule has 5 aromatic carbocycles. The Morgan fingerprint density at radius 1 is 0.672 bits per heavy atom. The predicted octanol–water partition coefficient (Wildman–Crippen LogP) is 15.1. The lowest BCUT2D eigenvalue weighted by Gasteiger charge is -2.50. The van der Waals surface area contributed by atoms with E-state index >= 15 is 0 Å². The Bertz CT molecular complexity index is 3180. The highest BCUT2D eigenvalue weighted by Crippen LogP contribution is 2.59. The van der Waals surface area contributed by atoms with Gasteiger partial charge in [-0.1, -0.05) is 124 Å². The molecule has 324 valence electrons. The number of benzene rings is 5. The lowest BCUT2D eigenvalue weighted by Crippen LogP contribution is -2.61. The second-order valence-corrected chi connectivity index (χ2v) is 25.1. The average molecular weight is 859 g/mol. The van der Waals surface area contributed by atoms with Crippen LogP contribution in [0.2, 0.25) is 0 Å². The molecule has 0 radical (unpaired) electrons. The number of rotatable bonds is 2.